The quantitative estimate of drug-likeness (QED) is 0.876. The number of hydrogen-bond acceptors (Lipinski definition) is 2. The predicted molar refractivity (Wildman–Crippen MR) is 76.4 cm³/mol. The molecule has 1 aromatic heterocycles. The number of nitrogens with one attached hydrogen (secondary N) is 1. The van der Waals surface area contributed by atoms with Crippen molar-refractivity contribution in [3.63, 3.8) is 0 Å². The first-order valence-corrected chi connectivity index (χ1v) is 6.59. The molecular weight excluding hydrogens is 264 g/mol. The molecule has 0 saturated heterocycles. The maximum absolute atomic E-state index is 12.3. The molecule has 100 valence electrons. The fraction of sp³-hybridized carbons (Fsp3) is 0.286. The Labute approximate surface area is 115 Å². The summed E-state index contributed by atoms with van der Waals surface area (Å²) in [4.78, 5) is 26.8. The summed E-state index contributed by atoms with van der Waals surface area (Å²) in [5.41, 5.74) is 1.18. The number of aromatic nitrogens is 2. The van der Waals surface area contributed by atoms with Gasteiger partial charge in [0.1, 0.15) is 5.15 Å². The molecule has 0 aliphatic rings. The van der Waals surface area contributed by atoms with Crippen LogP contribution < -0.4 is 11.2 Å². The molecule has 5 heteroatoms. The summed E-state index contributed by atoms with van der Waals surface area (Å²) in [6, 6.07) is 7.37. The molecule has 0 radical (unpaired) electrons. The van der Waals surface area contributed by atoms with Gasteiger partial charge >= 0.3 is 5.69 Å². The number of aryl methyl sites for hydroxylation is 1. The molecule has 4 nitrogen and oxygen atoms in total. The monoisotopic (exact) mass is 278 g/mol. The van der Waals surface area contributed by atoms with Crippen LogP contribution in [0.4, 0.5) is 0 Å². The summed E-state index contributed by atoms with van der Waals surface area (Å²) in [5.74, 6) is 0. The second-order valence-electron chi connectivity index (χ2n) is 4.24. The van der Waals surface area contributed by atoms with Gasteiger partial charge in [-0.1, -0.05) is 37.6 Å². The number of hydrogen-bond donors (Lipinski definition) is 1. The van der Waals surface area contributed by atoms with Crippen LogP contribution in [-0.4, -0.2) is 9.55 Å². The van der Waals surface area contributed by atoms with Crippen LogP contribution in [0.3, 0.4) is 0 Å². The number of rotatable bonds is 3. The van der Waals surface area contributed by atoms with Crippen molar-refractivity contribution >= 4 is 11.6 Å². The summed E-state index contributed by atoms with van der Waals surface area (Å²) in [6.07, 6.45) is 1.32. The Balaban J connectivity index is 2.75. The van der Waals surface area contributed by atoms with E-state index < -0.39 is 5.69 Å². The molecule has 0 aliphatic heterocycles. The molecule has 0 fully saturated rings. The number of aromatic amines is 1. The zero-order valence-electron chi connectivity index (χ0n) is 10.9. The van der Waals surface area contributed by atoms with Crippen LogP contribution in [0.2, 0.25) is 5.15 Å². The fourth-order valence-electron chi connectivity index (χ4n) is 2.00. The zero-order valence-corrected chi connectivity index (χ0v) is 11.6. The Morgan fingerprint density at radius 1 is 1.21 bits per heavy atom. The second-order valence-corrected chi connectivity index (χ2v) is 4.62. The van der Waals surface area contributed by atoms with E-state index in [-0.39, 0.29) is 10.7 Å². The van der Waals surface area contributed by atoms with E-state index in [0.29, 0.717) is 17.7 Å². The predicted octanol–water partition coefficient (Wildman–Crippen LogP) is 2.30. The first kappa shape index (κ1) is 13.6. The minimum Gasteiger partial charge on any atom is -0.297 e. The van der Waals surface area contributed by atoms with Gasteiger partial charge in [-0.3, -0.25) is 9.78 Å². The Kier molecular flexibility index (Phi) is 3.90. The summed E-state index contributed by atoms with van der Waals surface area (Å²) < 4.78 is 1.13. The van der Waals surface area contributed by atoms with E-state index in [0.717, 1.165) is 16.6 Å². The third-order valence-electron chi connectivity index (χ3n) is 3.08. The van der Waals surface area contributed by atoms with Crippen molar-refractivity contribution in [3.05, 3.63) is 61.4 Å². The molecule has 1 heterocycles. The van der Waals surface area contributed by atoms with E-state index in [1.54, 1.807) is 6.07 Å². The van der Waals surface area contributed by atoms with Crippen molar-refractivity contribution in [1.29, 1.82) is 0 Å². The van der Waals surface area contributed by atoms with Crippen LogP contribution in [0.1, 0.15) is 25.0 Å². The molecule has 0 aliphatic carbocycles. The molecular formula is C14H15ClN2O2. The summed E-state index contributed by atoms with van der Waals surface area (Å²) in [6.45, 7) is 3.85. The minimum absolute atomic E-state index is 0.125. The first-order valence-electron chi connectivity index (χ1n) is 6.21. The first-order chi connectivity index (χ1) is 9.08. The second kappa shape index (κ2) is 5.45. The van der Waals surface area contributed by atoms with Gasteiger partial charge in [0.2, 0.25) is 0 Å². The number of H-pyrrole nitrogens is 1. The van der Waals surface area contributed by atoms with E-state index in [9.17, 15) is 9.59 Å². The van der Waals surface area contributed by atoms with Gasteiger partial charge in [0.05, 0.1) is 11.3 Å². The molecule has 0 saturated carbocycles. The maximum Gasteiger partial charge on any atom is 0.334 e. The number of halogens is 1. The lowest BCUT2D eigenvalue weighted by atomic mass is 10.1. The average Bonchev–Trinajstić information content (AvgIpc) is 2.39. The standard InChI is InChI=1S/C14H15ClN2O2/c1-3-9-6-5-7-10(8-9)17-13(18)11(4-2)12(15)16-14(17)19/h5-8H,3-4H2,1-2H3,(H,16,19). The van der Waals surface area contributed by atoms with Gasteiger partial charge in [0.25, 0.3) is 5.56 Å². The number of nitrogens with zero attached hydrogens (tertiary/aromatic N) is 1. The third kappa shape index (κ3) is 2.49. The molecule has 1 N–H and O–H groups in total. The Hall–Kier alpha value is -1.81. The lowest BCUT2D eigenvalue weighted by Crippen LogP contribution is -2.36. The SMILES string of the molecule is CCc1cccc(-n2c(=O)[nH]c(Cl)c(CC)c2=O)c1. The van der Waals surface area contributed by atoms with E-state index >= 15 is 0 Å². The topological polar surface area (TPSA) is 54.9 Å². The largest absolute Gasteiger partial charge is 0.334 e. The van der Waals surface area contributed by atoms with Crippen molar-refractivity contribution in [3.8, 4) is 5.69 Å². The Bertz CT molecular complexity index is 716. The summed E-state index contributed by atoms with van der Waals surface area (Å²) >= 11 is 5.88. The molecule has 0 atom stereocenters. The highest BCUT2D eigenvalue weighted by molar-refractivity contribution is 6.30. The Morgan fingerprint density at radius 3 is 2.58 bits per heavy atom. The van der Waals surface area contributed by atoms with Crippen molar-refractivity contribution in [1.82, 2.24) is 9.55 Å². The molecule has 2 aromatic rings. The van der Waals surface area contributed by atoms with Gasteiger partial charge in [-0.2, -0.15) is 0 Å². The highest BCUT2D eigenvalue weighted by Gasteiger charge is 2.12. The molecule has 19 heavy (non-hydrogen) atoms. The number of benzene rings is 1. The highest BCUT2D eigenvalue weighted by Crippen LogP contribution is 2.10. The minimum atomic E-state index is -0.513. The van der Waals surface area contributed by atoms with Crippen molar-refractivity contribution in [2.24, 2.45) is 0 Å². The van der Waals surface area contributed by atoms with Gasteiger partial charge in [-0.05, 0) is 30.5 Å². The zero-order chi connectivity index (χ0) is 14.0. The van der Waals surface area contributed by atoms with Crippen molar-refractivity contribution in [2.45, 2.75) is 26.7 Å². The van der Waals surface area contributed by atoms with Gasteiger partial charge in [0, 0.05) is 0 Å². The van der Waals surface area contributed by atoms with Crippen LogP contribution in [0, 0.1) is 0 Å². The van der Waals surface area contributed by atoms with Crippen LogP contribution in [0.25, 0.3) is 5.69 Å². The molecule has 0 spiro atoms. The lowest BCUT2D eigenvalue weighted by Gasteiger charge is -2.09. The lowest BCUT2D eigenvalue weighted by molar-refractivity contribution is 0.840. The molecule has 0 amide bonds. The smallest absolute Gasteiger partial charge is 0.297 e. The van der Waals surface area contributed by atoms with E-state index in [1.807, 2.05) is 32.0 Å². The fourth-order valence-corrected chi connectivity index (χ4v) is 2.30. The van der Waals surface area contributed by atoms with Crippen LogP contribution >= 0.6 is 11.6 Å². The van der Waals surface area contributed by atoms with E-state index in [1.165, 1.54) is 0 Å². The average molecular weight is 279 g/mol. The van der Waals surface area contributed by atoms with Crippen molar-refractivity contribution in [2.75, 3.05) is 0 Å². The molecule has 0 bridgehead atoms. The van der Waals surface area contributed by atoms with Crippen LogP contribution in [-0.2, 0) is 12.8 Å². The normalized spacial score (nSPS) is 10.7. The van der Waals surface area contributed by atoms with E-state index in [2.05, 4.69) is 4.98 Å². The maximum atomic E-state index is 12.3. The summed E-state index contributed by atoms with van der Waals surface area (Å²) in [5, 5.41) is 0.125. The van der Waals surface area contributed by atoms with Gasteiger partial charge in [-0.25, -0.2) is 9.36 Å². The van der Waals surface area contributed by atoms with E-state index in [4.69, 9.17) is 11.6 Å². The van der Waals surface area contributed by atoms with Gasteiger partial charge < -0.3 is 0 Å². The molecule has 1 aromatic carbocycles. The van der Waals surface area contributed by atoms with Crippen LogP contribution in [0.15, 0.2) is 33.9 Å². The highest BCUT2D eigenvalue weighted by atomic mass is 35.5. The van der Waals surface area contributed by atoms with Crippen LogP contribution in [0.5, 0.6) is 0 Å². The third-order valence-corrected chi connectivity index (χ3v) is 3.40. The van der Waals surface area contributed by atoms with Crippen molar-refractivity contribution < 1.29 is 0 Å². The summed E-state index contributed by atoms with van der Waals surface area (Å²) in [7, 11) is 0. The van der Waals surface area contributed by atoms with Gasteiger partial charge in [-0.15, -0.1) is 0 Å². The van der Waals surface area contributed by atoms with Gasteiger partial charge in [0.15, 0.2) is 0 Å². The molecule has 2 rings (SSSR count). The molecule has 0 unspecified atom stereocenters. The Morgan fingerprint density at radius 2 is 1.95 bits per heavy atom.